The lowest BCUT2D eigenvalue weighted by Crippen LogP contribution is -2.34. The summed E-state index contributed by atoms with van der Waals surface area (Å²) in [5, 5.41) is 10.3. The Morgan fingerprint density at radius 1 is 1.22 bits per heavy atom. The second kappa shape index (κ2) is 5.48. The van der Waals surface area contributed by atoms with Crippen LogP contribution >= 0.6 is 0 Å². The SMILES string of the molecule is COc1[c]cccc1C1(C)CCc2c(C)c(O)c(C)c(C)c2O1. The first-order valence-electron chi connectivity index (χ1n) is 7.95. The van der Waals surface area contributed by atoms with E-state index >= 15 is 0 Å². The number of phenols is 1. The predicted molar refractivity (Wildman–Crippen MR) is 90.4 cm³/mol. The minimum absolute atomic E-state index is 0.388. The van der Waals surface area contributed by atoms with Crippen LogP contribution in [-0.4, -0.2) is 12.2 Å². The van der Waals surface area contributed by atoms with Crippen LogP contribution in [0.15, 0.2) is 18.2 Å². The van der Waals surface area contributed by atoms with E-state index in [0.29, 0.717) is 5.75 Å². The molecule has 0 saturated carbocycles. The maximum absolute atomic E-state index is 10.3. The smallest absolute Gasteiger partial charge is 0.135 e. The summed E-state index contributed by atoms with van der Waals surface area (Å²) >= 11 is 0. The highest BCUT2D eigenvalue weighted by molar-refractivity contribution is 5.59. The third-order valence-electron chi connectivity index (χ3n) is 5.11. The van der Waals surface area contributed by atoms with Crippen LogP contribution in [0, 0.1) is 26.8 Å². The molecule has 3 heteroatoms. The summed E-state index contributed by atoms with van der Waals surface area (Å²) in [4.78, 5) is 0. The van der Waals surface area contributed by atoms with E-state index in [4.69, 9.17) is 9.47 Å². The van der Waals surface area contributed by atoms with Crippen molar-refractivity contribution >= 4 is 0 Å². The largest absolute Gasteiger partial charge is 0.507 e. The van der Waals surface area contributed by atoms with E-state index in [1.807, 2.05) is 39.0 Å². The fourth-order valence-corrected chi connectivity index (χ4v) is 3.44. The Balaban J connectivity index is 2.13. The van der Waals surface area contributed by atoms with Crippen molar-refractivity contribution in [2.75, 3.05) is 7.11 Å². The third-order valence-corrected chi connectivity index (χ3v) is 5.11. The lowest BCUT2D eigenvalue weighted by molar-refractivity contribution is 0.0585. The first-order chi connectivity index (χ1) is 10.9. The summed E-state index contributed by atoms with van der Waals surface area (Å²) in [5.74, 6) is 2.01. The second-order valence-corrected chi connectivity index (χ2v) is 6.48. The lowest BCUT2D eigenvalue weighted by atomic mass is 9.83. The van der Waals surface area contributed by atoms with E-state index in [0.717, 1.165) is 52.2 Å². The Kier molecular flexibility index (Phi) is 3.75. The molecule has 1 radical (unpaired) electrons. The van der Waals surface area contributed by atoms with Gasteiger partial charge in [-0.3, -0.25) is 0 Å². The molecule has 2 aromatic rings. The molecule has 121 valence electrons. The quantitative estimate of drug-likeness (QED) is 0.895. The zero-order valence-corrected chi connectivity index (χ0v) is 14.4. The molecule has 1 unspecified atom stereocenters. The van der Waals surface area contributed by atoms with Gasteiger partial charge in [-0.25, -0.2) is 0 Å². The van der Waals surface area contributed by atoms with Crippen LogP contribution < -0.4 is 9.47 Å². The van der Waals surface area contributed by atoms with Crippen LogP contribution in [0.5, 0.6) is 17.2 Å². The van der Waals surface area contributed by atoms with E-state index in [1.165, 1.54) is 0 Å². The zero-order chi connectivity index (χ0) is 16.8. The number of phenolic OH excluding ortho intramolecular Hbond substituents is 1. The Morgan fingerprint density at radius 3 is 2.65 bits per heavy atom. The molecule has 2 aromatic carbocycles. The van der Waals surface area contributed by atoms with Gasteiger partial charge < -0.3 is 14.6 Å². The Morgan fingerprint density at radius 2 is 1.96 bits per heavy atom. The molecular formula is C20H23O3. The molecule has 1 aliphatic rings. The van der Waals surface area contributed by atoms with E-state index in [2.05, 4.69) is 13.0 Å². The molecule has 0 saturated heterocycles. The van der Waals surface area contributed by atoms with Gasteiger partial charge in [-0.05, 0) is 57.2 Å². The first-order valence-corrected chi connectivity index (χ1v) is 7.95. The molecule has 1 heterocycles. The summed E-state index contributed by atoms with van der Waals surface area (Å²) in [6.45, 7) is 8.00. The summed E-state index contributed by atoms with van der Waals surface area (Å²) in [6, 6.07) is 8.98. The van der Waals surface area contributed by atoms with Crippen molar-refractivity contribution in [3.63, 3.8) is 0 Å². The van der Waals surface area contributed by atoms with Gasteiger partial charge in [0.1, 0.15) is 22.8 Å². The van der Waals surface area contributed by atoms with Crippen molar-refractivity contribution in [3.05, 3.63) is 52.1 Å². The molecule has 3 rings (SSSR count). The van der Waals surface area contributed by atoms with Crippen LogP contribution in [0.1, 0.15) is 41.2 Å². The van der Waals surface area contributed by atoms with E-state index in [9.17, 15) is 5.11 Å². The summed E-state index contributed by atoms with van der Waals surface area (Å²) in [6.07, 6.45) is 1.70. The van der Waals surface area contributed by atoms with E-state index in [-0.39, 0.29) is 0 Å². The zero-order valence-electron chi connectivity index (χ0n) is 14.4. The fourth-order valence-electron chi connectivity index (χ4n) is 3.44. The van der Waals surface area contributed by atoms with Gasteiger partial charge in [-0.15, -0.1) is 0 Å². The predicted octanol–water partition coefficient (Wildman–Crippen LogP) is 4.37. The van der Waals surface area contributed by atoms with Crippen LogP contribution in [0.25, 0.3) is 0 Å². The van der Waals surface area contributed by atoms with Gasteiger partial charge in [0.25, 0.3) is 0 Å². The molecular weight excluding hydrogens is 288 g/mol. The molecule has 23 heavy (non-hydrogen) atoms. The number of hydrogen-bond donors (Lipinski definition) is 1. The maximum Gasteiger partial charge on any atom is 0.135 e. The molecule has 0 aromatic heterocycles. The van der Waals surface area contributed by atoms with Gasteiger partial charge in [-0.2, -0.15) is 0 Å². The number of fused-ring (bicyclic) bond motifs is 1. The van der Waals surface area contributed by atoms with Crippen LogP contribution in [0.2, 0.25) is 0 Å². The topological polar surface area (TPSA) is 38.7 Å². The number of ether oxygens (including phenoxy) is 2. The molecule has 1 N–H and O–H groups in total. The van der Waals surface area contributed by atoms with Crippen molar-refractivity contribution in [1.29, 1.82) is 0 Å². The number of benzene rings is 2. The number of para-hydroxylation sites is 1. The molecule has 0 bridgehead atoms. The fraction of sp³-hybridized carbons (Fsp3) is 0.400. The van der Waals surface area contributed by atoms with E-state index in [1.54, 1.807) is 7.11 Å². The Labute approximate surface area is 137 Å². The maximum atomic E-state index is 10.3. The highest BCUT2D eigenvalue weighted by Gasteiger charge is 2.37. The molecule has 1 atom stereocenters. The molecule has 0 aliphatic carbocycles. The standard InChI is InChI=1S/C20H23O3/c1-12-13(2)19-15(14(3)18(12)21)10-11-20(4,23-19)16-8-6-7-9-17(16)22-5/h6-8,21H,10-11H2,1-5H3. The minimum Gasteiger partial charge on any atom is -0.507 e. The molecule has 1 aliphatic heterocycles. The monoisotopic (exact) mass is 311 g/mol. The Hall–Kier alpha value is -2.16. The van der Waals surface area contributed by atoms with Gasteiger partial charge in [0.05, 0.1) is 7.11 Å². The van der Waals surface area contributed by atoms with Gasteiger partial charge in [-0.1, -0.05) is 18.2 Å². The third kappa shape index (κ3) is 2.35. The Bertz CT molecular complexity index is 764. The molecule has 0 fully saturated rings. The van der Waals surface area contributed by atoms with Crippen LogP contribution in [0.4, 0.5) is 0 Å². The van der Waals surface area contributed by atoms with Gasteiger partial charge in [0, 0.05) is 17.2 Å². The summed E-state index contributed by atoms with van der Waals surface area (Å²) < 4.78 is 12.0. The first kappa shape index (κ1) is 15.7. The number of aromatic hydroxyl groups is 1. The van der Waals surface area contributed by atoms with E-state index < -0.39 is 5.60 Å². The molecule has 0 amide bonds. The van der Waals surface area contributed by atoms with Crippen molar-refractivity contribution < 1.29 is 14.6 Å². The average molecular weight is 311 g/mol. The van der Waals surface area contributed by atoms with Crippen molar-refractivity contribution in [3.8, 4) is 17.2 Å². The van der Waals surface area contributed by atoms with Crippen molar-refractivity contribution in [2.24, 2.45) is 0 Å². The lowest BCUT2D eigenvalue weighted by Gasteiger charge is -2.38. The average Bonchev–Trinajstić information content (AvgIpc) is 2.58. The molecule has 0 spiro atoms. The van der Waals surface area contributed by atoms with Gasteiger partial charge >= 0.3 is 0 Å². The molecule has 3 nitrogen and oxygen atoms in total. The highest BCUT2D eigenvalue weighted by Crippen LogP contribution is 2.47. The number of hydrogen-bond acceptors (Lipinski definition) is 3. The van der Waals surface area contributed by atoms with Crippen molar-refractivity contribution in [1.82, 2.24) is 0 Å². The number of rotatable bonds is 2. The summed E-state index contributed by atoms with van der Waals surface area (Å²) in [7, 11) is 1.66. The van der Waals surface area contributed by atoms with Gasteiger partial charge in [0.2, 0.25) is 0 Å². The van der Waals surface area contributed by atoms with Crippen molar-refractivity contribution in [2.45, 2.75) is 46.1 Å². The number of methoxy groups -OCH3 is 1. The van der Waals surface area contributed by atoms with Crippen LogP contribution in [0.3, 0.4) is 0 Å². The van der Waals surface area contributed by atoms with Gasteiger partial charge in [0.15, 0.2) is 0 Å². The normalized spacial score (nSPS) is 19.9. The second-order valence-electron chi connectivity index (χ2n) is 6.48. The highest BCUT2D eigenvalue weighted by atomic mass is 16.5. The minimum atomic E-state index is -0.462. The summed E-state index contributed by atoms with van der Waals surface area (Å²) in [5.41, 5.74) is 4.48. The van der Waals surface area contributed by atoms with Crippen LogP contribution in [-0.2, 0) is 12.0 Å².